The summed E-state index contributed by atoms with van der Waals surface area (Å²) in [4.78, 5) is 112. The van der Waals surface area contributed by atoms with Crippen molar-refractivity contribution in [2.45, 2.75) is 146 Å². The fourth-order valence-electron chi connectivity index (χ4n) is 6.30. The molecular formula is C40H66N10O14. The molecule has 0 fully saturated rings. The van der Waals surface area contributed by atoms with Crippen molar-refractivity contribution < 1.29 is 68.7 Å². The summed E-state index contributed by atoms with van der Waals surface area (Å²) in [6.07, 6.45) is -6.50. The van der Waals surface area contributed by atoms with Crippen LogP contribution in [0.2, 0.25) is 0 Å². The zero-order valence-corrected chi connectivity index (χ0v) is 36.6. The highest BCUT2D eigenvalue weighted by atomic mass is 16.4. The van der Waals surface area contributed by atoms with E-state index in [0.717, 1.165) is 0 Å². The van der Waals surface area contributed by atoms with Gasteiger partial charge in [0.2, 0.25) is 41.4 Å². The lowest BCUT2D eigenvalue weighted by atomic mass is 9.98. The molecule has 0 aliphatic carbocycles. The minimum Gasteiger partial charge on any atom is -0.508 e. The maximum atomic E-state index is 13.1. The molecule has 24 heteroatoms. The molecule has 6 atom stereocenters. The van der Waals surface area contributed by atoms with Crippen LogP contribution in [-0.2, 0) is 43.2 Å². The van der Waals surface area contributed by atoms with E-state index in [1.807, 2.05) is 5.32 Å². The molecule has 1 aromatic rings. The van der Waals surface area contributed by atoms with E-state index in [1.54, 1.807) is 13.8 Å². The second-order valence-corrected chi connectivity index (χ2v) is 16.8. The number of nitrogens with two attached hydrogens (primary N) is 3. The van der Waals surface area contributed by atoms with Gasteiger partial charge in [-0.2, -0.15) is 0 Å². The van der Waals surface area contributed by atoms with Crippen LogP contribution < -0.4 is 54.4 Å². The van der Waals surface area contributed by atoms with Crippen LogP contribution in [0.3, 0.4) is 0 Å². The molecule has 0 heterocycles. The number of aromatic hydroxyl groups is 1. The zero-order chi connectivity index (χ0) is 48.8. The molecule has 64 heavy (non-hydrogen) atoms. The first kappa shape index (κ1) is 56.1. The number of hydrogen-bond donors (Lipinski definition) is 15. The van der Waals surface area contributed by atoms with Gasteiger partial charge in [-0.15, -0.1) is 0 Å². The summed E-state index contributed by atoms with van der Waals surface area (Å²) in [6, 6.07) is 1.14. The second-order valence-electron chi connectivity index (χ2n) is 16.8. The molecule has 0 aliphatic rings. The van der Waals surface area contributed by atoms with Gasteiger partial charge >= 0.3 is 11.9 Å². The van der Waals surface area contributed by atoms with Crippen molar-refractivity contribution in [3.05, 3.63) is 29.8 Å². The Labute approximate surface area is 370 Å². The third-order valence-electron chi connectivity index (χ3n) is 9.00. The van der Waals surface area contributed by atoms with Crippen LogP contribution in [0.4, 0.5) is 0 Å². The van der Waals surface area contributed by atoms with Crippen molar-refractivity contribution in [2.75, 3.05) is 13.1 Å². The van der Waals surface area contributed by atoms with Gasteiger partial charge in [0, 0.05) is 48.8 Å². The molecule has 1 rings (SSSR count). The Morgan fingerprint density at radius 2 is 1.08 bits per heavy atom. The van der Waals surface area contributed by atoms with Crippen molar-refractivity contribution in [3.8, 4) is 5.75 Å². The number of carboxylic acid groups (broad SMARTS) is 2. The number of aliphatic hydroxyl groups excluding tert-OH is 2. The summed E-state index contributed by atoms with van der Waals surface area (Å²) in [5.41, 5.74) is 15.6. The SMILES string of the molecule is CC(C)(N)CC(=O)N[C@@H](CCCN)CC(=O)N[C@@H](CCN)CC(=O)NC(C)(C)CC(=O)N[C@H](O)CC(=O)N[C@H](CC(=O)O)C(=O)N[C@H](O)CC(=O)N[C@H](CC(=O)O)c1ccc(O)cc1. The molecule has 360 valence electrons. The summed E-state index contributed by atoms with van der Waals surface area (Å²) in [5.74, 6) is -8.32. The first-order valence-corrected chi connectivity index (χ1v) is 20.6. The normalized spacial score (nSPS) is 14.3. The number of phenolic OH excluding ortho intramolecular Hbond substituents is 1. The summed E-state index contributed by atoms with van der Waals surface area (Å²) in [7, 11) is 0. The van der Waals surface area contributed by atoms with Crippen LogP contribution in [0.25, 0.3) is 0 Å². The van der Waals surface area contributed by atoms with E-state index >= 15 is 0 Å². The van der Waals surface area contributed by atoms with E-state index in [2.05, 4.69) is 31.9 Å². The number of aliphatic hydroxyl groups is 2. The lowest BCUT2D eigenvalue weighted by Gasteiger charge is -2.28. The molecule has 0 bridgehead atoms. The number of nitrogens with one attached hydrogen (secondary N) is 7. The van der Waals surface area contributed by atoms with Gasteiger partial charge in [-0.1, -0.05) is 12.1 Å². The quantitative estimate of drug-likeness (QED) is 0.0340. The fourth-order valence-corrected chi connectivity index (χ4v) is 6.30. The number of hydrogen-bond acceptors (Lipinski definition) is 15. The number of benzene rings is 1. The van der Waals surface area contributed by atoms with E-state index in [4.69, 9.17) is 17.2 Å². The highest BCUT2D eigenvalue weighted by molar-refractivity contribution is 5.91. The number of carboxylic acids is 2. The van der Waals surface area contributed by atoms with Gasteiger partial charge in [0.1, 0.15) is 24.2 Å². The molecule has 1 aromatic carbocycles. The second kappa shape index (κ2) is 27.3. The largest absolute Gasteiger partial charge is 0.508 e. The molecule has 0 aromatic heterocycles. The highest BCUT2D eigenvalue weighted by Gasteiger charge is 2.30. The van der Waals surface area contributed by atoms with Gasteiger partial charge in [0.05, 0.1) is 31.7 Å². The molecule has 7 amide bonds. The number of carbonyl (C=O) groups excluding carboxylic acids is 7. The summed E-state index contributed by atoms with van der Waals surface area (Å²) in [5, 5.41) is 65.7. The Balaban J connectivity index is 2.75. The third kappa shape index (κ3) is 25.2. The van der Waals surface area contributed by atoms with Crippen molar-refractivity contribution in [2.24, 2.45) is 17.2 Å². The molecule has 18 N–H and O–H groups in total. The van der Waals surface area contributed by atoms with Crippen LogP contribution >= 0.6 is 0 Å². The van der Waals surface area contributed by atoms with Gasteiger partial charge in [0.25, 0.3) is 0 Å². The summed E-state index contributed by atoms with van der Waals surface area (Å²) >= 11 is 0. The Bertz CT molecular complexity index is 1760. The van der Waals surface area contributed by atoms with Crippen LogP contribution in [0, 0.1) is 0 Å². The molecule has 0 unspecified atom stereocenters. The lowest BCUT2D eigenvalue weighted by Crippen LogP contribution is -2.52. The zero-order valence-electron chi connectivity index (χ0n) is 36.6. The molecule has 0 saturated carbocycles. The van der Waals surface area contributed by atoms with Crippen molar-refractivity contribution in [3.63, 3.8) is 0 Å². The molecule has 0 saturated heterocycles. The molecular weight excluding hydrogens is 844 g/mol. The number of phenols is 1. The van der Waals surface area contributed by atoms with Crippen molar-refractivity contribution in [1.82, 2.24) is 37.2 Å². The topological polar surface area (TPSA) is 417 Å². The van der Waals surface area contributed by atoms with Crippen LogP contribution in [-0.4, -0.2) is 134 Å². The van der Waals surface area contributed by atoms with Crippen molar-refractivity contribution in [1.29, 1.82) is 0 Å². The number of amides is 7. The van der Waals surface area contributed by atoms with Gasteiger partial charge in [0.15, 0.2) is 0 Å². The lowest BCUT2D eigenvalue weighted by molar-refractivity contribution is -0.142. The first-order chi connectivity index (χ1) is 29.7. The van der Waals surface area contributed by atoms with E-state index in [0.29, 0.717) is 24.9 Å². The molecule has 0 aliphatic heterocycles. The minimum absolute atomic E-state index is 0.0348. The predicted octanol–water partition coefficient (Wildman–Crippen LogP) is -3.12. The van der Waals surface area contributed by atoms with Gasteiger partial charge in [-0.3, -0.25) is 43.2 Å². The summed E-state index contributed by atoms with van der Waals surface area (Å²) in [6.45, 7) is 6.87. The van der Waals surface area contributed by atoms with Crippen LogP contribution in [0.15, 0.2) is 24.3 Å². The fraction of sp³-hybridized carbons (Fsp3) is 0.625. The molecule has 0 spiro atoms. The summed E-state index contributed by atoms with van der Waals surface area (Å²) < 4.78 is 0. The van der Waals surface area contributed by atoms with E-state index in [9.17, 15) is 68.7 Å². The van der Waals surface area contributed by atoms with E-state index < -0.39 is 127 Å². The van der Waals surface area contributed by atoms with Crippen LogP contribution in [0.5, 0.6) is 5.75 Å². The average molecular weight is 911 g/mol. The third-order valence-corrected chi connectivity index (χ3v) is 9.00. The van der Waals surface area contributed by atoms with Crippen molar-refractivity contribution >= 4 is 53.3 Å². The first-order valence-electron chi connectivity index (χ1n) is 20.6. The predicted molar refractivity (Wildman–Crippen MR) is 228 cm³/mol. The smallest absolute Gasteiger partial charge is 0.305 e. The molecule has 24 nitrogen and oxygen atoms in total. The minimum atomic E-state index is -1.93. The monoisotopic (exact) mass is 910 g/mol. The van der Waals surface area contributed by atoms with E-state index in [-0.39, 0.29) is 43.9 Å². The standard InChI is InChI=1S/C40H66N10O14/c1-39(2,43)20-34(58)45-23(6-5-12-41)14-28(52)44-24(11-13-42)15-33(57)50-40(3,4)21-35(59)48-31(55)18-30(54)47-27(17-37(62)63)38(64)49-32(56)19-29(53)46-26(16-36(60)61)22-7-9-25(51)10-8-22/h7-10,23-24,26-27,31-32,51,55-56H,5-6,11-21,41-43H2,1-4H3,(H,44,52)(H,45,58)(H,46,53)(H,47,54)(H,48,59)(H,49,64)(H,50,57)(H,60,61)(H,62,63)/t23-,24-,26+,27+,31+,32+/m0/s1. The number of aliphatic carboxylic acids is 2. The number of rotatable bonds is 30. The maximum absolute atomic E-state index is 13.1. The van der Waals surface area contributed by atoms with Crippen LogP contribution in [0.1, 0.15) is 110 Å². The van der Waals surface area contributed by atoms with Gasteiger partial charge in [-0.25, -0.2) is 0 Å². The maximum Gasteiger partial charge on any atom is 0.305 e. The molecule has 0 radical (unpaired) electrons. The Morgan fingerprint density at radius 1 is 0.578 bits per heavy atom. The van der Waals surface area contributed by atoms with Gasteiger partial charge < -0.3 is 80.0 Å². The highest BCUT2D eigenvalue weighted by Crippen LogP contribution is 2.20. The number of carbonyl (C=O) groups is 9. The average Bonchev–Trinajstić information content (AvgIpc) is 3.11. The van der Waals surface area contributed by atoms with E-state index in [1.165, 1.54) is 38.1 Å². The van der Waals surface area contributed by atoms with Gasteiger partial charge in [-0.05, 0) is 77.7 Å². The Kier molecular flexibility index (Phi) is 23.9. The Morgan fingerprint density at radius 3 is 1.62 bits per heavy atom. The Hall–Kier alpha value is -5.95.